The molecule has 0 unspecified atom stereocenters. The third-order valence-electron chi connectivity index (χ3n) is 8.26. The molecule has 3 nitrogen and oxygen atoms in total. The topological polar surface area (TPSA) is 35.5 Å². The van der Waals surface area contributed by atoms with Crippen molar-refractivity contribution in [3.8, 4) is 5.75 Å². The highest BCUT2D eigenvalue weighted by molar-refractivity contribution is 5.52. The molecule has 2 fully saturated rings. The molecule has 2 atom stereocenters. The van der Waals surface area contributed by atoms with Gasteiger partial charge >= 0.3 is 0 Å². The van der Waals surface area contributed by atoms with Crippen molar-refractivity contribution in [3.63, 3.8) is 0 Å². The molecule has 164 valence electrons. The van der Waals surface area contributed by atoms with E-state index in [4.69, 9.17) is 0 Å². The average molecular weight is 425 g/mol. The average Bonchev–Trinajstić information content (AvgIpc) is 2.83. The van der Waals surface area contributed by atoms with Crippen molar-refractivity contribution in [2.24, 2.45) is 5.41 Å². The van der Waals surface area contributed by atoms with Crippen molar-refractivity contribution in [3.05, 3.63) is 95.1 Å². The van der Waals surface area contributed by atoms with Crippen molar-refractivity contribution in [1.82, 2.24) is 5.32 Å². The molecule has 0 bridgehead atoms. The molecule has 6 rings (SSSR count). The predicted molar refractivity (Wildman–Crippen MR) is 131 cm³/mol. The summed E-state index contributed by atoms with van der Waals surface area (Å²) in [5, 5.41) is 13.5. The number of hydrogen-bond acceptors (Lipinski definition) is 3. The fraction of sp³-hybridized carbons (Fsp3) is 0.379. The van der Waals surface area contributed by atoms with Crippen LogP contribution in [0.4, 0.5) is 5.69 Å². The van der Waals surface area contributed by atoms with Gasteiger partial charge in [0, 0.05) is 37.8 Å². The maximum atomic E-state index is 10.1. The van der Waals surface area contributed by atoms with Crippen molar-refractivity contribution in [2.45, 2.75) is 37.5 Å². The minimum absolute atomic E-state index is 0.321. The fourth-order valence-electron chi connectivity index (χ4n) is 6.24. The number of phenols is 1. The van der Waals surface area contributed by atoms with Crippen molar-refractivity contribution in [1.29, 1.82) is 0 Å². The van der Waals surface area contributed by atoms with Crippen LogP contribution in [0, 0.1) is 5.41 Å². The van der Waals surface area contributed by atoms with Gasteiger partial charge in [0.1, 0.15) is 5.75 Å². The van der Waals surface area contributed by atoms with E-state index < -0.39 is 0 Å². The molecular formula is C29H32N2O. The number of piperidine rings is 1. The van der Waals surface area contributed by atoms with Crippen LogP contribution in [0.5, 0.6) is 5.75 Å². The number of nitrogens with one attached hydrogen (secondary N) is 1. The van der Waals surface area contributed by atoms with Gasteiger partial charge in [-0.25, -0.2) is 0 Å². The van der Waals surface area contributed by atoms with Crippen LogP contribution in [0.15, 0.2) is 72.8 Å². The van der Waals surface area contributed by atoms with Gasteiger partial charge in [-0.05, 0) is 83.5 Å². The van der Waals surface area contributed by atoms with E-state index in [2.05, 4.69) is 70.9 Å². The highest BCUT2D eigenvalue weighted by atomic mass is 16.3. The Balaban J connectivity index is 1.31. The molecule has 0 radical (unpaired) electrons. The van der Waals surface area contributed by atoms with E-state index in [0.717, 1.165) is 12.8 Å². The second-order valence-corrected chi connectivity index (χ2v) is 10.1. The Morgan fingerprint density at radius 3 is 2.28 bits per heavy atom. The summed E-state index contributed by atoms with van der Waals surface area (Å²) >= 11 is 0. The Morgan fingerprint density at radius 1 is 0.844 bits per heavy atom. The van der Waals surface area contributed by atoms with Crippen LogP contribution in [0.3, 0.4) is 0 Å². The quantitative estimate of drug-likeness (QED) is 0.587. The summed E-state index contributed by atoms with van der Waals surface area (Å²) in [6, 6.07) is 26.3. The maximum absolute atomic E-state index is 10.1. The zero-order valence-corrected chi connectivity index (χ0v) is 18.6. The molecule has 2 saturated heterocycles. The second kappa shape index (κ2) is 7.97. The number of aryl methyl sites for hydroxylation is 1. The largest absolute Gasteiger partial charge is 0.508 e. The smallest absolute Gasteiger partial charge is 0.115 e. The first-order chi connectivity index (χ1) is 15.7. The lowest BCUT2D eigenvalue weighted by Crippen LogP contribution is -2.58. The van der Waals surface area contributed by atoms with Gasteiger partial charge in [-0.3, -0.25) is 0 Å². The lowest BCUT2D eigenvalue weighted by molar-refractivity contribution is 0.126. The molecule has 2 heterocycles. The van der Waals surface area contributed by atoms with E-state index in [1.807, 2.05) is 12.1 Å². The molecule has 3 aromatic carbocycles. The molecule has 2 aliphatic heterocycles. The van der Waals surface area contributed by atoms with E-state index in [9.17, 15) is 5.11 Å². The van der Waals surface area contributed by atoms with Gasteiger partial charge in [-0.2, -0.15) is 0 Å². The van der Waals surface area contributed by atoms with Gasteiger partial charge in [-0.15, -0.1) is 0 Å². The van der Waals surface area contributed by atoms with Gasteiger partial charge in [0.2, 0.25) is 0 Å². The van der Waals surface area contributed by atoms with Gasteiger partial charge in [0.05, 0.1) is 0 Å². The summed E-state index contributed by atoms with van der Waals surface area (Å²) in [6.45, 7) is 4.74. The summed E-state index contributed by atoms with van der Waals surface area (Å²) in [4.78, 5) is 2.56. The molecule has 3 aliphatic rings. The predicted octanol–water partition coefficient (Wildman–Crippen LogP) is 5.44. The van der Waals surface area contributed by atoms with Crippen LogP contribution >= 0.6 is 0 Å². The van der Waals surface area contributed by atoms with Gasteiger partial charge in [0.25, 0.3) is 0 Å². The van der Waals surface area contributed by atoms with Crippen molar-refractivity contribution in [2.75, 3.05) is 31.1 Å². The monoisotopic (exact) mass is 424 g/mol. The first-order valence-electron chi connectivity index (χ1n) is 12.1. The highest BCUT2D eigenvalue weighted by Gasteiger charge is 2.39. The summed E-state index contributed by atoms with van der Waals surface area (Å²) in [6.07, 6.45) is 4.73. The Morgan fingerprint density at radius 2 is 1.59 bits per heavy atom. The third-order valence-corrected chi connectivity index (χ3v) is 8.26. The Hall–Kier alpha value is -2.78. The standard InChI is InChI=1S/C29H32N2O/c32-25-11-13-27-23(18-25)8-12-26(21-4-2-1-3-5-21)28(27)22-6-9-24(10-7-22)31-16-14-29(15-17-31)19-30-20-29/h1-7,9-11,13,18,26,28,30,32H,8,12,14-17,19-20H2/t26-,28+/m1/s1. The van der Waals surface area contributed by atoms with Crippen LogP contribution in [0.2, 0.25) is 0 Å². The third kappa shape index (κ3) is 3.49. The number of aromatic hydroxyl groups is 1. The van der Waals surface area contributed by atoms with Crippen LogP contribution in [0.1, 0.15) is 53.4 Å². The minimum Gasteiger partial charge on any atom is -0.508 e. The van der Waals surface area contributed by atoms with E-state index in [1.165, 1.54) is 67.0 Å². The highest BCUT2D eigenvalue weighted by Crippen LogP contribution is 2.47. The second-order valence-electron chi connectivity index (χ2n) is 10.1. The van der Waals surface area contributed by atoms with Crippen molar-refractivity contribution < 1.29 is 5.11 Å². The first kappa shape index (κ1) is 19.9. The van der Waals surface area contributed by atoms with Gasteiger partial charge in [-0.1, -0.05) is 48.5 Å². The molecule has 32 heavy (non-hydrogen) atoms. The summed E-state index contributed by atoms with van der Waals surface area (Å²) in [7, 11) is 0. The minimum atomic E-state index is 0.321. The molecule has 0 saturated carbocycles. The summed E-state index contributed by atoms with van der Waals surface area (Å²) in [5.74, 6) is 1.15. The molecule has 0 amide bonds. The van der Waals surface area contributed by atoms with E-state index in [1.54, 1.807) is 0 Å². The fourth-order valence-corrected chi connectivity index (χ4v) is 6.24. The zero-order chi connectivity index (χ0) is 21.5. The lowest BCUT2D eigenvalue weighted by atomic mass is 9.69. The number of rotatable bonds is 3. The van der Waals surface area contributed by atoms with Gasteiger partial charge < -0.3 is 15.3 Å². The summed E-state index contributed by atoms with van der Waals surface area (Å²) < 4.78 is 0. The first-order valence-corrected chi connectivity index (χ1v) is 12.1. The molecular weight excluding hydrogens is 392 g/mol. The van der Waals surface area contributed by atoms with E-state index in [-0.39, 0.29) is 0 Å². The molecule has 0 aromatic heterocycles. The van der Waals surface area contributed by atoms with Crippen LogP contribution in [0.25, 0.3) is 0 Å². The molecule has 3 aromatic rings. The van der Waals surface area contributed by atoms with Crippen molar-refractivity contribution >= 4 is 5.69 Å². The normalized spacial score (nSPS) is 24.1. The number of fused-ring (bicyclic) bond motifs is 1. The van der Waals surface area contributed by atoms with Crippen LogP contribution in [-0.4, -0.2) is 31.3 Å². The maximum Gasteiger partial charge on any atom is 0.115 e. The van der Waals surface area contributed by atoms with E-state index in [0.29, 0.717) is 23.0 Å². The molecule has 3 heteroatoms. The number of benzene rings is 3. The Kier molecular flexibility index (Phi) is 4.95. The Bertz CT molecular complexity index is 1080. The van der Waals surface area contributed by atoms with Crippen LogP contribution in [-0.2, 0) is 6.42 Å². The Labute approximate surface area is 191 Å². The molecule has 2 N–H and O–H groups in total. The number of anilines is 1. The van der Waals surface area contributed by atoms with E-state index >= 15 is 0 Å². The lowest BCUT2D eigenvalue weighted by Gasteiger charge is -2.49. The summed E-state index contributed by atoms with van der Waals surface area (Å²) in [5.41, 5.74) is 7.39. The number of nitrogens with zero attached hydrogens (tertiary/aromatic N) is 1. The molecule has 1 aliphatic carbocycles. The van der Waals surface area contributed by atoms with Gasteiger partial charge in [0.15, 0.2) is 0 Å². The molecule has 1 spiro atoms. The number of phenolic OH excluding ortho intramolecular Hbond substituents is 1. The zero-order valence-electron chi connectivity index (χ0n) is 18.6. The number of hydrogen-bond donors (Lipinski definition) is 2. The van der Waals surface area contributed by atoms with Crippen LogP contribution < -0.4 is 10.2 Å². The SMILES string of the molecule is Oc1ccc2c(c1)CC[C@H](c1ccccc1)[C@@H]2c1ccc(N2CCC3(CC2)CNC3)cc1.